The van der Waals surface area contributed by atoms with E-state index in [4.69, 9.17) is 9.84 Å². The molecule has 0 bridgehead atoms. The van der Waals surface area contributed by atoms with Crippen molar-refractivity contribution in [3.8, 4) is 11.1 Å². The molecular weight excluding hydrogens is 463 g/mol. The van der Waals surface area contributed by atoms with Crippen LogP contribution in [0.1, 0.15) is 11.1 Å². The van der Waals surface area contributed by atoms with E-state index in [1.54, 1.807) is 54.6 Å². The minimum Gasteiger partial charge on any atom is -0.481 e. The molecule has 4 rings (SSSR count). The number of aliphatic carboxylic acids is 1. The van der Waals surface area contributed by atoms with Gasteiger partial charge in [-0.15, -0.1) is 0 Å². The Morgan fingerprint density at radius 1 is 1.03 bits per heavy atom. The van der Waals surface area contributed by atoms with Crippen molar-refractivity contribution in [1.29, 1.82) is 0 Å². The summed E-state index contributed by atoms with van der Waals surface area (Å²) in [4.78, 5) is 26.6. The van der Waals surface area contributed by atoms with Gasteiger partial charge in [0, 0.05) is 11.3 Å². The second-order valence-corrected chi connectivity index (χ2v) is 9.63. The molecule has 1 heterocycles. The Kier molecular flexibility index (Phi) is 6.42. The maximum Gasteiger partial charge on any atom is 0.307 e. The molecule has 8 nitrogen and oxygen atoms in total. The first-order valence-electron chi connectivity index (χ1n) is 10.1. The number of nitrogens with zero attached hydrogens (tertiary/aromatic N) is 1. The molecule has 3 aromatic carbocycles. The van der Waals surface area contributed by atoms with Crippen LogP contribution in [0.15, 0.2) is 77.8 Å². The summed E-state index contributed by atoms with van der Waals surface area (Å²) in [5.41, 5.74) is 0.303. The summed E-state index contributed by atoms with van der Waals surface area (Å²) in [6, 6.07) is 18.9. The van der Waals surface area contributed by atoms with Crippen molar-refractivity contribution < 1.29 is 32.2 Å². The van der Waals surface area contributed by atoms with E-state index in [0.29, 0.717) is 22.4 Å². The first kappa shape index (κ1) is 23.1. The van der Waals surface area contributed by atoms with Crippen molar-refractivity contribution in [2.45, 2.75) is 17.6 Å². The average molecular weight is 482 g/mol. The minimum atomic E-state index is -4.16. The first-order chi connectivity index (χ1) is 16.2. The van der Waals surface area contributed by atoms with Crippen molar-refractivity contribution in [3.63, 3.8) is 0 Å². The number of carbonyl (C=O) groups is 2. The number of halogens is 1. The molecule has 2 N–H and O–H groups in total. The standard InChI is InChI=1S/C24H19FN2O6S/c25-20-12-16(8-11-19(20)17-4-2-1-3-5-17)14-34(31,32)23-22(30)27-24(33-23)26-18-9-6-15(7-10-18)13-21(28)29/h1-12,23H,13-14H2,(H,28,29)(H,26,27,30). The van der Waals surface area contributed by atoms with Gasteiger partial charge in [-0.25, -0.2) is 12.8 Å². The summed E-state index contributed by atoms with van der Waals surface area (Å²) in [5, 5.41) is 11.5. The lowest BCUT2D eigenvalue weighted by atomic mass is 10.0. The van der Waals surface area contributed by atoms with Gasteiger partial charge in [0.25, 0.3) is 11.5 Å². The Morgan fingerprint density at radius 2 is 1.71 bits per heavy atom. The van der Waals surface area contributed by atoms with Crippen LogP contribution in [0, 0.1) is 5.82 Å². The van der Waals surface area contributed by atoms with Gasteiger partial charge in [-0.1, -0.05) is 54.6 Å². The zero-order valence-corrected chi connectivity index (χ0v) is 18.5. The Hall–Kier alpha value is -4.05. The van der Waals surface area contributed by atoms with Crippen LogP contribution in [0.2, 0.25) is 0 Å². The monoisotopic (exact) mass is 482 g/mol. The van der Waals surface area contributed by atoms with E-state index in [2.05, 4.69) is 10.3 Å². The summed E-state index contributed by atoms with van der Waals surface area (Å²) in [6.07, 6.45) is -0.149. The van der Waals surface area contributed by atoms with E-state index in [1.165, 1.54) is 12.1 Å². The largest absolute Gasteiger partial charge is 0.481 e. The quantitative estimate of drug-likeness (QED) is 0.529. The lowest BCUT2D eigenvalue weighted by Gasteiger charge is -2.13. The van der Waals surface area contributed by atoms with Crippen LogP contribution in [-0.2, 0) is 36.3 Å². The van der Waals surface area contributed by atoms with Crippen molar-refractivity contribution in [1.82, 2.24) is 0 Å². The first-order valence-corrected chi connectivity index (χ1v) is 11.9. The third-order valence-corrected chi connectivity index (χ3v) is 6.69. The molecule has 1 aliphatic heterocycles. The van der Waals surface area contributed by atoms with Gasteiger partial charge >= 0.3 is 11.9 Å². The molecule has 1 atom stereocenters. The van der Waals surface area contributed by atoms with Gasteiger partial charge in [0.2, 0.25) is 9.84 Å². The molecule has 1 aliphatic rings. The highest BCUT2D eigenvalue weighted by atomic mass is 32.2. The van der Waals surface area contributed by atoms with Gasteiger partial charge in [-0.3, -0.25) is 9.59 Å². The van der Waals surface area contributed by atoms with Crippen LogP contribution in [0.25, 0.3) is 11.1 Å². The minimum absolute atomic E-state index is 0.149. The lowest BCUT2D eigenvalue weighted by Crippen LogP contribution is -2.30. The fourth-order valence-electron chi connectivity index (χ4n) is 3.43. The molecule has 3 aromatic rings. The number of sulfone groups is 1. The smallest absolute Gasteiger partial charge is 0.307 e. The Morgan fingerprint density at radius 3 is 2.35 bits per heavy atom. The number of amides is 1. The van der Waals surface area contributed by atoms with Crippen LogP contribution in [-0.4, -0.2) is 36.9 Å². The summed E-state index contributed by atoms with van der Waals surface area (Å²) in [5.74, 6) is -3.16. The number of carboxylic acid groups (broad SMARTS) is 1. The maximum atomic E-state index is 14.6. The number of rotatable bonds is 7. The van der Waals surface area contributed by atoms with Crippen LogP contribution in [0.4, 0.5) is 10.1 Å². The lowest BCUT2D eigenvalue weighted by molar-refractivity contribution is -0.136. The molecule has 0 saturated carbocycles. The number of benzene rings is 3. The fraction of sp³-hybridized carbons (Fsp3) is 0.125. The van der Waals surface area contributed by atoms with Gasteiger partial charge in [-0.2, -0.15) is 4.99 Å². The fourth-order valence-corrected chi connectivity index (χ4v) is 4.82. The molecule has 34 heavy (non-hydrogen) atoms. The number of ether oxygens (including phenoxy) is 1. The van der Waals surface area contributed by atoms with E-state index in [1.807, 2.05) is 0 Å². The highest BCUT2D eigenvalue weighted by Crippen LogP contribution is 2.26. The van der Waals surface area contributed by atoms with Crippen molar-refractivity contribution >= 4 is 33.4 Å². The van der Waals surface area contributed by atoms with E-state index in [-0.39, 0.29) is 18.0 Å². The topological polar surface area (TPSA) is 122 Å². The van der Waals surface area contributed by atoms with E-state index >= 15 is 0 Å². The zero-order chi connectivity index (χ0) is 24.3. The van der Waals surface area contributed by atoms with Crippen LogP contribution in [0.3, 0.4) is 0 Å². The average Bonchev–Trinajstić information content (AvgIpc) is 3.16. The Bertz CT molecular complexity index is 1370. The Balaban J connectivity index is 1.43. The predicted octanol–water partition coefficient (Wildman–Crippen LogP) is 3.39. The number of amidine groups is 1. The van der Waals surface area contributed by atoms with Gasteiger partial charge in [0.05, 0.1) is 12.2 Å². The van der Waals surface area contributed by atoms with Crippen molar-refractivity contribution in [3.05, 3.63) is 89.7 Å². The summed E-state index contributed by atoms with van der Waals surface area (Å²) in [6.45, 7) is 0. The van der Waals surface area contributed by atoms with Crippen LogP contribution >= 0.6 is 0 Å². The third-order valence-electron chi connectivity index (χ3n) is 5.00. The number of aliphatic imine (C=N–C) groups is 1. The molecule has 1 amide bonds. The molecule has 0 radical (unpaired) electrons. The summed E-state index contributed by atoms with van der Waals surface area (Å²) < 4.78 is 45.5. The molecule has 174 valence electrons. The zero-order valence-electron chi connectivity index (χ0n) is 17.6. The number of carbonyl (C=O) groups excluding carboxylic acids is 1. The molecule has 0 spiro atoms. The molecule has 1 unspecified atom stereocenters. The van der Waals surface area contributed by atoms with Crippen molar-refractivity contribution in [2.75, 3.05) is 5.32 Å². The van der Waals surface area contributed by atoms with Gasteiger partial charge in [0.15, 0.2) is 0 Å². The number of hydrogen-bond acceptors (Lipinski definition) is 6. The number of nitrogens with one attached hydrogen (secondary N) is 1. The molecule has 10 heteroatoms. The van der Waals surface area contributed by atoms with E-state index in [0.717, 1.165) is 6.07 Å². The van der Waals surface area contributed by atoms with Crippen LogP contribution < -0.4 is 5.32 Å². The van der Waals surface area contributed by atoms with E-state index < -0.39 is 38.7 Å². The van der Waals surface area contributed by atoms with Gasteiger partial charge < -0.3 is 15.2 Å². The summed E-state index contributed by atoms with van der Waals surface area (Å²) in [7, 11) is -4.16. The van der Waals surface area contributed by atoms with Gasteiger partial charge in [0.1, 0.15) is 5.82 Å². The molecular formula is C24H19FN2O6S. The Labute approximate surface area is 194 Å². The SMILES string of the molecule is O=C(O)Cc1ccc(NC2=NC(=O)C(S(=O)(=O)Cc3ccc(-c4ccccc4)c(F)c3)O2)cc1. The van der Waals surface area contributed by atoms with Crippen LogP contribution in [0.5, 0.6) is 0 Å². The van der Waals surface area contributed by atoms with Gasteiger partial charge in [-0.05, 0) is 34.9 Å². The normalized spacial score (nSPS) is 15.5. The predicted molar refractivity (Wildman–Crippen MR) is 123 cm³/mol. The molecule has 0 saturated heterocycles. The molecule has 0 aromatic heterocycles. The highest BCUT2D eigenvalue weighted by molar-refractivity contribution is 7.91. The van der Waals surface area contributed by atoms with E-state index in [9.17, 15) is 22.4 Å². The second-order valence-electron chi connectivity index (χ2n) is 7.58. The van der Waals surface area contributed by atoms with Crippen molar-refractivity contribution in [2.24, 2.45) is 4.99 Å². The molecule has 0 fully saturated rings. The number of anilines is 1. The maximum absolute atomic E-state index is 14.6. The number of hydrogen-bond donors (Lipinski definition) is 2. The highest BCUT2D eigenvalue weighted by Gasteiger charge is 2.40. The number of carboxylic acids is 1. The third kappa shape index (κ3) is 5.29. The molecule has 0 aliphatic carbocycles. The second kappa shape index (κ2) is 9.44. The summed E-state index contributed by atoms with van der Waals surface area (Å²) >= 11 is 0.